The van der Waals surface area contributed by atoms with Gasteiger partial charge in [-0.1, -0.05) is 30.3 Å². The normalized spacial score (nSPS) is 16.5. The van der Waals surface area contributed by atoms with Crippen molar-refractivity contribution < 1.29 is 32.1 Å². The topological polar surface area (TPSA) is 175 Å². The molecule has 1 aliphatic heterocycles. The number of benzene rings is 1. The van der Waals surface area contributed by atoms with Crippen molar-refractivity contribution in [3.8, 4) is 0 Å². The number of carbonyl (C=O) groups excluding carboxylic acids is 4. The number of nitrogens with one attached hydrogen (secondary N) is 3. The van der Waals surface area contributed by atoms with E-state index in [-0.39, 0.29) is 21.7 Å². The molecule has 0 radical (unpaired) electrons. The number of anilines is 1. The molecule has 2 heterocycles. The van der Waals surface area contributed by atoms with Crippen molar-refractivity contribution in [2.45, 2.75) is 18.5 Å². The lowest BCUT2D eigenvalue weighted by Gasteiger charge is -2.36. The van der Waals surface area contributed by atoms with Gasteiger partial charge < -0.3 is 16.0 Å². The smallest absolute Gasteiger partial charge is 0.341 e. The zero-order valence-electron chi connectivity index (χ0n) is 16.7. The molecule has 15 heteroatoms. The lowest BCUT2D eigenvalue weighted by Crippen LogP contribution is -2.66. The van der Waals surface area contributed by atoms with E-state index in [1.807, 2.05) is 0 Å². The van der Waals surface area contributed by atoms with E-state index in [1.54, 1.807) is 35.7 Å². The summed E-state index contributed by atoms with van der Waals surface area (Å²) < 4.78 is 31.3. The van der Waals surface area contributed by atoms with Crippen molar-refractivity contribution in [2.24, 2.45) is 0 Å². The standard InChI is InChI=1S/C18H18ClN5O7S2/c19-7-14(26)23-18-20-11(9-32-18)6-13(25)22-15(10-4-2-1-3-5-10)16(27)21-12-8-24(17(12)28)33(29,30)31/h1-5,9,12,15H,6-8H2,(H,21,27)(H,22,25)(H,20,23,26)(H,29,30,31). The molecule has 0 aliphatic carbocycles. The number of hydrogen-bond acceptors (Lipinski definition) is 8. The van der Waals surface area contributed by atoms with Crippen LogP contribution in [0.2, 0.25) is 0 Å². The quantitative estimate of drug-likeness (QED) is 0.202. The molecule has 1 aromatic carbocycles. The lowest BCUT2D eigenvalue weighted by molar-refractivity contribution is -0.141. The van der Waals surface area contributed by atoms with Gasteiger partial charge in [0.1, 0.15) is 18.0 Å². The van der Waals surface area contributed by atoms with Gasteiger partial charge in [-0.3, -0.25) is 23.7 Å². The molecule has 4 N–H and O–H groups in total. The van der Waals surface area contributed by atoms with Crippen molar-refractivity contribution in [1.82, 2.24) is 19.9 Å². The van der Waals surface area contributed by atoms with Crippen LogP contribution < -0.4 is 16.0 Å². The summed E-state index contributed by atoms with van der Waals surface area (Å²) in [6.07, 6.45) is -0.192. The first-order chi connectivity index (χ1) is 15.6. The molecule has 2 unspecified atom stereocenters. The Morgan fingerprint density at radius 3 is 2.55 bits per heavy atom. The van der Waals surface area contributed by atoms with Crippen LogP contribution in [0.4, 0.5) is 5.13 Å². The summed E-state index contributed by atoms with van der Waals surface area (Å²) in [5.74, 6) is -2.97. The monoisotopic (exact) mass is 515 g/mol. The van der Waals surface area contributed by atoms with Crippen molar-refractivity contribution in [1.29, 1.82) is 0 Å². The van der Waals surface area contributed by atoms with E-state index >= 15 is 0 Å². The van der Waals surface area contributed by atoms with Gasteiger partial charge in [-0.05, 0) is 5.56 Å². The van der Waals surface area contributed by atoms with Crippen LogP contribution >= 0.6 is 22.9 Å². The van der Waals surface area contributed by atoms with Crippen LogP contribution in [0, 0.1) is 0 Å². The van der Waals surface area contributed by atoms with Crippen molar-refractivity contribution in [3.05, 3.63) is 47.0 Å². The molecule has 0 spiro atoms. The van der Waals surface area contributed by atoms with Gasteiger partial charge in [0, 0.05) is 5.38 Å². The molecular weight excluding hydrogens is 498 g/mol. The Labute approximate surface area is 197 Å². The second-order valence-electron chi connectivity index (χ2n) is 6.82. The van der Waals surface area contributed by atoms with Gasteiger partial charge >= 0.3 is 10.3 Å². The molecule has 1 fully saturated rings. The Morgan fingerprint density at radius 1 is 1.24 bits per heavy atom. The van der Waals surface area contributed by atoms with Crippen LogP contribution in [0.15, 0.2) is 35.7 Å². The number of carbonyl (C=O) groups is 4. The number of amides is 4. The first kappa shape index (κ1) is 24.6. The number of rotatable bonds is 9. The van der Waals surface area contributed by atoms with Crippen LogP contribution in [0.1, 0.15) is 17.3 Å². The molecule has 4 amide bonds. The highest BCUT2D eigenvalue weighted by Crippen LogP contribution is 2.19. The predicted molar refractivity (Wildman–Crippen MR) is 118 cm³/mol. The van der Waals surface area contributed by atoms with Crippen LogP contribution in [0.3, 0.4) is 0 Å². The van der Waals surface area contributed by atoms with Crippen LogP contribution in [-0.4, -0.2) is 64.4 Å². The van der Waals surface area contributed by atoms with Gasteiger partial charge in [0.25, 0.3) is 5.91 Å². The van der Waals surface area contributed by atoms with Crippen LogP contribution in [0.5, 0.6) is 0 Å². The molecule has 33 heavy (non-hydrogen) atoms. The summed E-state index contributed by atoms with van der Waals surface area (Å²) in [5.41, 5.74) is 0.780. The summed E-state index contributed by atoms with van der Waals surface area (Å²) in [5, 5.41) is 9.24. The van der Waals surface area contributed by atoms with E-state index in [0.717, 1.165) is 11.3 Å². The summed E-state index contributed by atoms with van der Waals surface area (Å²) >= 11 is 6.53. The first-order valence-electron chi connectivity index (χ1n) is 9.32. The molecule has 1 aliphatic rings. The molecule has 2 aromatic rings. The fraction of sp³-hybridized carbons (Fsp3) is 0.278. The second-order valence-corrected chi connectivity index (χ2v) is 9.28. The van der Waals surface area contributed by atoms with Gasteiger partial charge in [-0.15, -0.1) is 22.9 Å². The average molecular weight is 516 g/mol. The Bertz CT molecular complexity index is 1170. The summed E-state index contributed by atoms with van der Waals surface area (Å²) in [6, 6.07) is 5.88. The molecule has 176 valence electrons. The van der Waals surface area contributed by atoms with E-state index in [4.69, 9.17) is 16.2 Å². The number of nitrogens with zero attached hydrogens (tertiary/aromatic N) is 2. The summed E-state index contributed by atoms with van der Waals surface area (Å²) in [7, 11) is -4.69. The van der Waals surface area contributed by atoms with Crippen molar-refractivity contribution in [3.63, 3.8) is 0 Å². The average Bonchev–Trinajstić information content (AvgIpc) is 3.20. The van der Waals surface area contributed by atoms with E-state index in [9.17, 15) is 27.6 Å². The Kier molecular flexibility index (Phi) is 7.63. The fourth-order valence-corrected chi connectivity index (χ4v) is 4.37. The Hall–Kier alpha value is -3.07. The van der Waals surface area contributed by atoms with Crippen molar-refractivity contribution >= 4 is 62.0 Å². The van der Waals surface area contributed by atoms with E-state index < -0.39 is 52.6 Å². The SMILES string of the molecule is O=C(CCl)Nc1nc(CC(=O)NC(C(=O)NC2CN(S(=O)(=O)O)C2=O)c2ccccc2)cs1. The van der Waals surface area contributed by atoms with Gasteiger partial charge in [0.15, 0.2) is 5.13 Å². The fourth-order valence-electron chi connectivity index (χ4n) is 2.89. The molecule has 3 rings (SSSR count). The predicted octanol–water partition coefficient (Wildman–Crippen LogP) is -0.150. The first-order valence-corrected chi connectivity index (χ1v) is 12.1. The van der Waals surface area contributed by atoms with E-state index in [0.29, 0.717) is 11.3 Å². The van der Waals surface area contributed by atoms with Gasteiger partial charge in [-0.2, -0.15) is 8.42 Å². The minimum Gasteiger partial charge on any atom is -0.341 e. The zero-order chi connectivity index (χ0) is 24.2. The number of hydrogen-bond donors (Lipinski definition) is 4. The van der Waals surface area contributed by atoms with E-state index in [1.165, 1.54) is 0 Å². The molecule has 1 saturated heterocycles. The van der Waals surface area contributed by atoms with Crippen molar-refractivity contribution in [2.75, 3.05) is 17.7 Å². The minimum atomic E-state index is -4.69. The molecule has 2 atom stereocenters. The maximum absolute atomic E-state index is 12.8. The maximum atomic E-state index is 12.8. The van der Waals surface area contributed by atoms with Crippen LogP contribution in [0.25, 0.3) is 0 Å². The third kappa shape index (κ3) is 6.25. The van der Waals surface area contributed by atoms with E-state index in [2.05, 4.69) is 20.9 Å². The van der Waals surface area contributed by atoms with Crippen LogP contribution in [-0.2, 0) is 35.9 Å². The Morgan fingerprint density at radius 2 is 1.94 bits per heavy atom. The molecule has 1 aromatic heterocycles. The highest BCUT2D eigenvalue weighted by atomic mass is 35.5. The molecule has 0 bridgehead atoms. The van der Waals surface area contributed by atoms with Gasteiger partial charge in [0.05, 0.1) is 18.7 Å². The van der Waals surface area contributed by atoms with Gasteiger partial charge in [-0.25, -0.2) is 9.29 Å². The summed E-state index contributed by atoms with van der Waals surface area (Å²) in [6.45, 7) is -0.422. The number of aromatic nitrogens is 1. The third-order valence-corrected chi connectivity index (χ3v) is 6.38. The highest BCUT2D eigenvalue weighted by molar-refractivity contribution is 7.84. The number of thiazole rings is 1. The highest BCUT2D eigenvalue weighted by Gasteiger charge is 2.45. The second kappa shape index (κ2) is 10.2. The summed E-state index contributed by atoms with van der Waals surface area (Å²) in [4.78, 5) is 52.7. The number of alkyl halides is 1. The zero-order valence-corrected chi connectivity index (χ0v) is 19.1. The Balaban J connectivity index is 1.66. The lowest BCUT2D eigenvalue weighted by atomic mass is 10.0. The molecule has 12 nitrogen and oxygen atoms in total. The third-order valence-electron chi connectivity index (χ3n) is 4.45. The molecule has 0 saturated carbocycles. The minimum absolute atomic E-state index is 0.192. The molecular formula is C18H18ClN5O7S2. The van der Waals surface area contributed by atoms with Gasteiger partial charge in [0.2, 0.25) is 17.7 Å². The largest absolute Gasteiger partial charge is 0.362 e. The number of β-lactam (4-membered cyclic amide) rings is 1. The maximum Gasteiger partial charge on any atom is 0.362 e. The number of halogens is 1.